The van der Waals surface area contributed by atoms with E-state index in [9.17, 15) is 0 Å². The second kappa shape index (κ2) is 4.77. The van der Waals surface area contributed by atoms with Gasteiger partial charge in [-0.25, -0.2) is 0 Å². The molecule has 0 amide bonds. The molecule has 1 saturated heterocycles. The number of aromatic nitrogens is 2. The highest BCUT2D eigenvalue weighted by molar-refractivity contribution is 4.99. The van der Waals surface area contributed by atoms with Crippen molar-refractivity contribution in [1.29, 1.82) is 0 Å². The first kappa shape index (κ1) is 10.6. The largest absolute Gasteiger partial charge is 0.330 e. The van der Waals surface area contributed by atoms with Gasteiger partial charge in [0.1, 0.15) is 0 Å². The Bertz CT molecular complexity index is 307. The van der Waals surface area contributed by atoms with Crippen molar-refractivity contribution in [3.63, 3.8) is 0 Å². The molecule has 1 atom stereocenters. The smallest absolute Gasteiger partial charge is 0.0637 e. The fourth-order valence-electron chi connectivity index (χ4n) is 2.18. The van der Waals surface area contributed by atoms with Crippen LogP contribution in [0.3, 0.4) is 0 Å². The van der Waals surface area contributed by atoms with E-state index >= 15 is 0 Å². The van der Waals surface area contributed by atoms with Crippen LogP contribution in [-0.2, 0) is 13.5 Å². The molecule has 2 rings (SSSR count). The summed E-state index contributed by atoms with van der Waals surface area (Å²) in [6, 6.07) is 2.09. The number of likely N-dealkylation sites (tertiary alicyclic amines) is 1. The van der Waals surface area contributed by atoms with Crippen LogP contribution in [0.5, 0.6) is 0 Å². The number of rotatable bonds is 4. The van der Waals surface area contributed by atoms with E-state index in [1.165, 1.54) is 25.2 Å². The van der Waals surface area contributed by atoms with E-state index in [4.69, 9.17) is 5.73 Å². The molecular formula is C11H20N4. The van der Waals surface area contributed by atoms with Gasteiger partial charge in [-0.15, -0.1) is 0 Å². The predicted octanol–water partition coefficient (Wildman–Crippen LogP) is 0.243. The van der Waals surface area contributed by atoms with Crippen molar-refractivity contribution in [2.24, 2.45) is 18.7 Å². The highest BCUT2D eigenvalue weighted by atomic mass is 15.2. The van der Waals surface area contributed by atoms with Crippen molar-refractivity contribution < 1.29 is 0 Å². The number of hydrogen-bond donors (Lipinski definition) is 1. The monoisotopic (exact) mass is 208 g/mol. The van der Waals surface area contributed by atoms with E-state index in [2.05, 4.69) is 16.1 Å². The maximum Gasteiger partial charge on any atom is 0.0637 e. The van der Waals surface area contributed by atoms with Gasteiger partial charge in [0.2, 0.25) is 0 Å². The third-order valence-corrected chi connectivity index (χ3v) is 3.16. The Morgan fingerprint density at radius 1 is 1.60 bits per heavy atom. The van der Waals surface area contributed by atoms with Crippen LogP contribution in [0.15, 0.2) is 12.3 Å². The van der Waals surface area contributed by atoms with Crippen LogP contribution < -0.4 is 5.73 Å². The summed E-state index contributed by atoms with van der Waals surface area (Å²) in [7, 11) is 1.96. The Kier molecular flexibility index (Phi) is 3.38. The summed E-state index contributed by atoms with van der Waals surface area (Å²) in [5.74, 6) is 0.716. The summed E-state index contributed by atoms with van der Waals surface area (Å²) in [5, 5.41) is 4.38. The van der Waals surface area contributed by atoms with Gasteiger partial charge in [-0.05, 0) is 31.5 Å². The molecular weight excluding hydrogens is 188 g/mol. The second-order valence-corrected chi connectivity index (χ2v) is 4.42. The highest BCUT2D eigenvalue weighted by Gasteiger charge is 2.20. The molecule has 0 bridgehead atoms. The first-order valence-corrected chi connectivity index (χ1v) is 5.69. The van der Waals surface area contributed by atoms with Crippen LogP contribution in [0.25, 0.3) is 0 Å². The third kappa shape index (κ3) is 2.79. The molecule has 0 aliphatic carbocycles. The Hall–Kier alpha value is -0.870. The normalized spacial score (nSPS) is 22.4. The molecule has 4 nitrogen and oxygen atoms in total. The summed E-state index contributed by atoms with van der Waals surface area (Å²) in [5.41, 5.74) is 6.85. The molecule has 0 spiro atoms. The fraction of sp³-hybridized carbons (Fsp3) is 0.727. The topological polar surface area (TPSA) is 47.1 Å². The molecule has 0 aromatic carbocycles. The molecule has 1 aliphatic heterocycles. The van der Waals surface area contributed by atoms with Gasteiger partial charge in [-0.1, -0.05) is 0 Å². The molecule has 0 saturated carbocycles. The summed E-state index contributed by atoms with van der Waals surface area (Å²) in [4.78, 5) is 2.49. The van der Waals surface area contributed by atoms with Gasteiger partial charge in [-0.3, -0.25) is 4.68 Å². The highest BCUT2D eigenvalue weighted by Crippen LogP contribution is 2.14. The summed E-state index contributed by atoms with van der Waals surface area (Å²) in [6.07, 6.45) is 4.32. The lowest BCUT2D eigenvalue weighted by Gasteiger charge is -2.14. The van der Waals surface area contributed by atoms with Crippen molar-refractivity contribution >= 4 is 0 Å². The lowest BCUT2D eigenvalue weighted by Crippen LogP contribution is -2.25. The Morgan fingerprint density at radius 2 is 2.47 bits per heavy atom. The van der Waals surface area contributed by atoms with Gasteiger partial charge in [0.05, 0.1) is 5.69 Å². The Morgan fingerprint density at radius 3 is 3.07 bits per heavy atom. The number of aryl methyl sites for hydroxylation is 1. The second-order valence-electron chi connectivity index (χ2n) is 4.42. The van der Waals surface area contributed by atoms with Gasteiger partial charge in [0.15, 0.2) is 0 Å². The Balaban J connectivity index is 1.75. The molecule has 1 unspecified atom stereocenters. The van der Waals surface area contributed by atoms with Crippen LogP contribution in [0.4, 0.5) is 0 Å². The predicted molar refractivity (Wildman–Crippen MR) is 60.5 cm³/mol. The van der Waals surface area contributed by atoms with Gasteiger partial charge in [0.25, 0.3) is 0 Å². The minimum absolute atomic E-state index is 0.716. The van der Waals surface area contributed by atoms with Gasteiger partial charge < -0.3 is 10.6 Å². The summed E-state index contributed by atoms with van der Waals surface area (Å²) < 4.78 is 1.86. The fourth-order valence-corrected chi connectivity index (χ4v) is 2.18. The quantitative estimate of drug-likeness (QED) is 0.771. The maximum atomic E-state index is 5.66. The van der Waals surface area contributed by atoms with Crippen LogP contribution in [0, 0.1) is 5.92 Å². The van der Waals surface area contributed by atoms with E-state index in [-0.39, 0.29) is 0 Å². The lowest BCUT2D eigenvalue weighted by atomic mass is 10.1. The van der Waals surface area contributed by atoms with E-state index in [0.717, 1.165) is 19.5 Å². The van der Waals surface area contributed by atoms with Crippen molar-refractivity contribution in [3.8, 4) is 0 Å². The van der Waals surface area contributed by atoms with Gasteiger partial charge >= 0.3 is 0 Å². The van der Waals surface area contributed by atoms with E-state index in [0.29, 0.717) is 5.92 Å². The molecule has 15 heavy (non-hydrogen) atoms. The van der Waals surface area contributed by atoms with E-state index < -0.39 is 0 Å². The van der Waals surface area contributed by atoms with Crippen molar-refractivity contribution in [3.05, 3.63) is 18.0 Å². The molecule has 2 N–H and O–H groups in total. The minimum atomic E-state index is 0.716. The average molecular weight is 208 g/mol. The lowest BCUT2D eigenvalue weighted by molar-refractivity contribution is 0.328. The maximum absolute atomic E-state index is 5.66. The molecule has 4 heteroatoms. The minimum Gasteiger partial charge on any atom is -0.330 e. The van der Waals surface area contributed by atoms with Crippen LogP contribution in [0.2, 0.25) is 0 Å². The van der Waals surface area contributed by atoms with Crippen molar-refractivity contribution in [2.75, 3.05) is 26.2 Å². The third-order valence-electron chi connectivity index (χ3n) is 3.16. The van der Waals surface area contributed by atoms with Crippen LogP contribution >= 0.6 is 0 Å². The van der Waals surface area contributed by atoms with Gasteiger partial charge in [-0.2, -0.15) is 5.10 Å². The summed E-state index contributed by atoms with van der Waals surface area (Å²) >= 11 is 0. The molecule has 1 fully saturated rings. The first-order chi connectivity index (χ1) is 7.28. The molecule has 0 radical (unpaired) electrons. The molecule has 84 valence electrons. The molecule has 1 aromatic heterocycles. The molecule has 1 aliphatic rings. The Labute approximate surface area is 91.1 Å². The van der Waals surface area contributed by atoms with Crippen LogP contribution in [-0.4, -0.2) is 40.9 Å². The zero-order valence-electron chi connectivity index (χ0n) is 9.39. The zero-order chi connectivity index (χ0) is 10.7. The number of nitrogens with two attached hydrogens (primary N) is 1. The molecule has 1 aromatic rings. The van der Waals surface area contributed by atoms with Crippen molar-refractivity contribution in [2.45, 2.75) is 12.8 Å². The van der Waals surface area contributed by atoms with Crippen molar-refractivity contribution in [1.82, 2.24) is 14.7 Å². The SMILES string of the molecule is Cn1ccc(CCN2CCC(CN)C2)n1. The van der Waals surface area contributed by atoms with E-state index in [1.54, 1.807) is 0 Å². The molecule has 2 heterocycles. The number of hydrogen-bond acceptors (Lipinski definition) is 3. The van der Waals surface area contributed by atoms with Gasteiger partial charge in [0, 0.05) is 32.8 Å². The summed E-state index contributed by atoms with van der Waals surface area (Å²) in [6.45, 7) is 4.33. The van der Waals surface area contributed by atoms with E-state index in [1.807, 2.05) is 17.9 Å². The average Bonchev–Trinajstić information content (AvgIpc) is 2.83. The number of nitrogens with zero attached hydrogens (tertiary/aromatic N) is 3. The zero-order valence-corrected chi connectivity index (χ0v) is 9.39. The standard InChI is InChI=1S/C11H20N4/c1-14-5-3-11(13-14)4-7-15-6-2-10(8-12)9-15/h3,5,10H,2,4,6-9,12H2,1H3. The first-order valence-electron chi connectivity index (χ1n) is 5.69. The van der Waals surface area contributed by atoms with Crippen LogP contribution in [0.1, 0.15) is 12.1 Å².